The number of nitrogens with zero attached hydrogens (tertiary/aromatic N) is 2. The summed E-state index contributed by atoms with van der Waals surface area (Å²) in [6.45, 7) is 2.01. The van der Waals surface area contributed by atoms with Crippen LogP contribution in [0.4, 0.5) is 18.9 Å². The summed E-state index contributed by atoms with van der Waals surface area (Å²) >= 11 is 1.57. The minimum Gasteiger partial charge on any atom is -0.319 e. The average molecular weight is 390 g/mol. The molecule has 0 aliphatic carbocycles. The minimum absolute atomic E-state index is 0.313. The molecule has 27 heavy (non-hydrogen) atoms. The van der Waals surface area contributed by atoms with E-state index in [0.717, 1.165) is 29.0 Å². The fourth-order valence-electron chi connectivity index (χ4n) is 2.87. The first kappa shape index (κ1) is 19.2. The first-order valence-electron chi connectivity index (χ1n) is 8.27. The lowest BCUT2D eigenvalue weighted by atomic mass is 10.0. The normalized spacial score (nSPS) is 11.6. The van der Waals surface area contributed by atoms with Crippen LogP contribution in [0.15, 0.2) is 48.5 Å². The molecule has 0 amide bonds. The lowest BCUT2D eigenvalue weighted by molar-refractivity contribution is -0.137. The van der Waals surface area contributed by atoms with Crippen molar-refractivity contribution in [2.75, 3.05) is 17.1 Å². The van der Waals surface area contributed by atoms with Crippen molar-refractivity contribution < 1.29 is 18.0 Å². The van der Waals surface area contributed by atoms with E-state index >= 15 is 0 Å². The monoisotopic (exact) mass is 390 g/mol. The zero-order valence-corrected chi connectivity index (χ0v) is 15.6. The van der Waals surface area contributed by atoms with Crippen molar-refractivity contribution in [2.24, 2.45) is 0 Å². The SMILES string of the molecule is CCSN(C)c1cc(C=O)nc2ccc(-c3cccc(C(F)(F)F)c3)cc12. The number of anilines is 1. The standard InChI is InChI=1S/C20H17F3N2OS/c1-3-27-25(2)19-11-16(12-26)24-18-8-7-14(10-17(18)19)13-5-4-6-15(9-13)20(21,22)23/h4-12H,3H2,1-2H3. The van der Waals surface area contributed by atoms with E-state index < -0.39 is 11.7 Å². The maximum atomic E-state index is 13.0. The summed E-state index contributed by atoms with van der Waals surface area (Å²) in [5, 5.41) is 0.777. The highest BCUT2D eigenvalue weighted by Crippen LogP contribution is 2.35. The van der Waals surface area contributed by atoms with E-state index in [4.69, 9.17) is 0 Å². The van der Waals surface area contributed by atoms with Gasteiger partial charge in [0.05, 0.1) is 16.8 Å². The molecule has 0 atom stereocenters. The molecule has 0 unspecified atom stereocenters. The van der Waals surface area contributed by atoms with Crippen LogP contribution in [0.2, 0.25) is 0 Å². The largest absolute Gasteiger partial charge is 0.416 e. The van der Waals surface area contributed by atoms with Crippen molar-refractivity contribution in [3.8, 4) is 11.1 Å². The van der Waals surface area contributed by atoms with Gasteiger partial charge in [0.25, 0.3) is 0 Å². The van der Waals surface area contributed by atoms with Gasteiger partial charge in [0, 0.05) is 18.2 Å². The fraction of sp³-hybridized carbons (Fsp3) is 0.200. The molecular formula is C20H17F3N2OS. The number of aromatic nitrogens is 1. The smallest absolute Gasteiger partial charge is 0.319 e. The fourth-order valence-corrected chi connectivity index (χ4v) is 3.54. The van der Waals surface area contributed by atoms with Gasteiger partial charge in [0.15, 0.2) is 6.29 Å². The van der Waals surface area contributed by atoms with Crippen molar-refractivity contribution in [3.05, 3.63) is 59.8 Å². The van der Waals surface area contributed by atoms with Crippen LogP contribution in [0.5, 0.6) is 0 Å². The zero-order valence-electron chi connectivity index (χ0n) is 14.7. The van der Waals surface area contributed by atoms with Crippen LogP contribution in [0.1, 0.15) is 23.0 Å². The Morgan fingerprint density at radius 3 is 2.52 bits per heavy atom. The molecule has 0 saturated heterocycles. The predicted octanol–water partition coefficient (Wildman–Crippen LogP) is 5.84. The molecule has 0 aliphatic heterocycles. The maximum absolute atomic E-state index is 13.0. The average Bonchev–Trinajstić information content (AvgIpc) is 2.66. The van der Waals surface area contributed by atoms with Gasteiger partial charge in [-0.15, -0.1) is 0 Å². The van der Waals surface area contributed by atoms with E-state index in [1.807, 2.05) is 24.3 Å². The third kappa shape index (κ3) is 4.08. The number of carbonyl (C=O) groups is 1. The van der Waals surface area contributed by atoms with Crippen LogP contribution in [-0.2, 0) is 6.18 Å². The highest BCUT2D eigenvalue weighted by atomic mass is 32.2. The van der Waals surface area contributed by atoms with E-state index in [0.29, 0.717) is 28.6 Å². The van der Waals surface area contributed by atoms with E-state index in [9.17, 15) is 18.0 Å². The number of hydrogen-bond donors (Lipinski definition) is 0. The summed E-state index contributed by atoms with van der Waals surface area (Å²) in [5.74, 6) is 0.837. The van der Waals surface area contributed by atoms with Crippen LogP contribution in [0, 0.1) is 0 Å². The molecule has 0 aliphatic rings. The Hall–Kier alpha value is -2.54. The Balaban J connectivity index is 2.17. The summed E-state index contributed by atoms with van der Waals surface area (Å²) in [6, 6.07) is 12.2. The second-order valence-corrected chi connectivity index (χ2v) is 7.29. The quantitative estimate of drug-likeness (QED) is 0.405. The molecule has 0 spiro atoms. The second kappa shape index (κ2) is 7.60. The Bertz CT molecular complexity index is 989. The molecule has 0 radical (unpaired) electrons. The molecular weight excluding hydrogens is 373 g/mol. The number of halogens is 3. The number of rotatable bonds is 5. The lowest BCUT2D eigenvalue weighted by Crippen LogP contribution is -2.08. The molecule has 7 heteroatoms. The number of pyridine rings is 1. The number of carbonyl (C=O) groups excluding carboxylic acids is 1. The topological polar surface area (TPSA) is 33.2 Å². The van der Waals surface area contributed by atoms with Gasteiger partial charge in [-0.1, -0.05) is 37.1 Å². The highest BCUT2D eigenvalue weighted by molar-refractivity contribution is 8.00. The molecule has 0 bridgehead atoms. The third-order valence-corrected chi connectivity index (χ3v) is 4.95. The molecule has 1 aromatic heterocycles. The van der Waals surface area contributed by atoms with Gasteiger partial charge in [0.2, 0.25) is 0 Å². The van der Waals surface area contributed by atoms with Crippen molar-refractivity contribution in [1.82, 2.24) is 4.98 Å². The van der Waals surface area contributed by atoms with Crippen molar-refractivity contribution >= 4 is 34.8 Å². The number of alkyl halides is 3. The van der Waals surface area contributed by atoms with Gasteiger partial charge in [0.1, 0.15) is 5.69 Å². The molecule has 0 N–H and O–H groups in total. The van der Waals surface area contributed by atoms with Crippen LogP contribution >= 0.6 is 11.9 Å². The first-order chi connectivity index (χ1) is 12.8. The van der Waals surface area contributed by atoms with Crippen LogP contribution in [0.3, 0.4) is 0 Å². The van der Waals surface area contributed by atoms with Gasteiger partial charge in [-0.3, -0.25) is 4.79 Å². The maximum Gasteiger partial charge on any atom is 0.416 e. The molecule has 3 rings (SSSR count). The van der Waals surface area contributed by atoms with E-state index in [2.05, 4.69) is 4.98 Å². The van der Waals surface area contributed by atoms with Gasteiger partial charge in [-0.2, -0.15) is 13.2 Å². The Morgan fingerprint density at radius 2 is 1.85 bits per heavy atom. The summed E-state index contributed by atoms with van der Waals surface area (Å²) in [6.07, 6.45) is -3.70. The number of fused-ring (bicyclic) bond motifs is 1. The second-order valence-electron chi connectivity index (χ2n) is 5.91. The number of hydrogen-bond acceptors (Lipinski definition) is 4. The van der Waals surface area contributed by atoms with Gasteiger partial charge < -0.3 is 4.31 Å². The number of benzene rings is 2. The summed E-state index contributed by atoms with van der Waals surface area (Å²) in [7, 11) is 1.88. The van der Waals surface area contributed by atoms with Crippen LogP contribution in [-0.4, -0.2) is 24.1 Å². The molecule has 1 heterocycles. The Labute approximate surface area is 159 Å². The van der Waals surface area contributed by atoms with Gasteiger partial charge in [-0.05, 0) is 41.5 Å². The van der Waals surface area contributed by atoms with Crippen molar-refractivity contribution in [2.45, 2.75) is 13.1 Å². The van der Waals surface area contributed by atoms with Crippen LogP contribution < -0.4 is 4.31 Å². The number of aldehydes is 1. The van der Waals surface area contributed by atoms with Gasteiger partial charge >= 0.3 is 6.18 Å². The van der Waals surface area contributed by atoms with E-state index in [1.54, 1.807) is 36.2 Å². The molecule has 2 aromatic carbocycles. The molecule has 0 fully saturated rings. The molecule has 0 saturated carbocycles. The summed E-state index contributed by atoms with van der Waals surface area (Å²) in [4.78, 5) is 15.5. The first-order valence-corrected chi connectivity index (χ1v) is 9.22. The van der Waals surface area contributed by atoms with E-state index in [-0.39, 0.29) is 0 Å². The van der Waals surface area contributed by atoms with Gasteiger partial charge in [-0.25, -0.2) is 4.98 Å². The highest BCUT2D eigenvalue weighted by Gasteiger charge is 2.30. The molecule has 3 aromatic rings. The minimum atomic E-state index is -4.39. The summed E-state index contributed by atoms with van der Waals surface area (Å²) < 4.78 is 41.0. The zero-order chi connectivity index (χ0) is 19.6. The van der Waals surface area contributed by atoms with Crippen molar-refractivity contribution in [1.29, 1.82) is 0 Å². The summed E-state index contributed by atoms with van der Waals surface area (Å²) in [5.41, 5.74) is 2.17. The third-order valence-electron chi connectivity index (χ3n) is 4.11. The lowest BCUT2D eigenvalue weighted by Gasteiger charge is -2.20. The molecule has 3 nitrogen and oxygen atoms in total. The Morgan fingerprint density at radius 1 is 1.11 bits per heavy atom. The molecule has 140 valence electrons. The van der Waals surface area contributed by atoms with Crippen molar-refractivity contribution in [3.63, 3.8) is 0 Å². The van der Waals surface area contributed by atoms with Crippen LogP contribution in [0.25, 0.3) is 22.0 Å². The predicted molar refractivity (Wildman–Crippen MR) is 104 cm³/mol. The Kier molecular flexibility index (Phi) is 5.41. The van der Waals surface area contributed by atoms with E-state index in [1.165, 1.54) is 6.07 Å².